The number of hydrogen-bond donors (Lipinski definition) is 1. The molecule has 3 aliphatic rings. The lowest BCUT2D eigenvalue weighted by Gasteiger charge is -2.42. The summed E-state index contributed by atoms with van der Waals surface area (Å²) in [6.07, 6.45) is 2.28. The monoisotopic (exact) mass is 631 g/mol. The van der Waals surface area contributed by atoms with Crippen molar-refractivity contribution >= 4 is 29.1 Å². The van der Waals surface area contributed by atoms with Gasteiger partial charge in [0.1, 0.15) is 29.6 Å². The van der Waals surface area contributed by atoms with Crippen molar-refractivity contribution in [3.8, 4) is 17.3 Å². The van der Waals surface area contributed by atoms with Gasteiger partial charge in [0.15, 0.2) is 0 Å². The number of anilines is 2. The molecule has 0 unspecified atom stereocenters. The molecule has 1 aromatic heterocycles. The van der Waals surface area contributed by atoms with Crippen molar-refractivity contribution in [3.63, 3.8) is 0 Å². The van der Waals surface area contributed by atoms with Crippen LogP contribution in [0.3, 0.4) is 0 Å². The van der Waals surface area contributed by atoms with Crippen molar-refractivity contribution in [1.29, 1.82) is 5.26 Å². The number of nitrogens with zero attached hydrogens (tertiary/aromatic N) is 6. The third-order valence-electron chi connectivity index (χ3n) is 9.46. The largest absolute Gasteiger partial charge is 0.325 e. The summed E-state index contributed by atoms with van der Waals surface area (Å²) in [5.74, 6) is -1.69. The van der Waals surface area contributed by atoms with E-state index < -0.39 is 46.6 Å². The molecule has 0 radical (unpaired) electrons. The van der Waals surface area contributed by atoms with Crippen LogP contribution in [0.1, 0.15) is 50.8 Å². The summed E-state index contributed by atoms with van der Waals surface area (Å²) in [6, 6.07) is 20.5. The Hall–Kier alpha value is -5.37. The fourth-order valence-corrected chi connectivity index (χ4v) is 7.25. The molecule has 1 fully saturated rings. The standard InChI is InChI=1S/C36H34FN7O3/c1-35(2,3)18-31(32(45)42-21-36(17-25(42)19-38)26-11-7-8-12-27(26)39-34(36)47)44-29-16-24(37)14-13-23(29)15-30(33(44)46)43-20-28(40-41-43)22-9-5-4-6-10-22/h4-14,16,20,25,30-31H,15,17-18,21H2,1-3H3,(H,39,47)/t25-,30-,31-,36-/m0/s1. The average molecular weight is 632 g/mol. The number of fused-ring (bicyclic) bond motifs is 3. The van der Waals surface area contributed by atoms with Gasteiger partial charge in [-0.25, -0.2) is 9.07 Å². The topological polar surface area (TPSA) is 124 Å². The molecule has 47 heavy (non-hydrogen) atoms. The lowest BCUT2D eigenvalue weighted by Crippen LogP contribution is -2.57. The molecule has 10 nitrogen and oxygen atoms in total. The van der Waals surface area contributed by atoms with Crippen molar-refractivity contribution in [2.24, 2.45) is 5.41 Å². The van der Waals surface area contributed by atoms with Crippen LogP contribution in [0.2, 0.25) is 0 Å². The maximum Gasteiger partial charge on any atom is 0.253 e. The third kappa shape index (κ3) is 5.14. The maximum absolute atomic E-state index is 14.9. The first-order valence-electron chi connectivity index (χ1n) is 15.7. The molecule has 0 bridgehead atoms. The van der Waals surface area contributed by atoms with E-state index in [-0.39, 0.29) is 31.7 Å². The number of halogens is 1. The number of para-hydroxylation sites is 1. The first-order valence-corrected chi connectivity index (χ1v) is 15.7. The summed E-state index contributed by atoms with van der Waals surface area (Å²) in [5.41, 5.74) is 2.28. The number of carbonyl (C=O) groups excluding carboxylic acids is 3. The van der Waals surface area contributed by atoms with E-state index in [2.05, 4.69) is 21.7 Å². The fraction of sp³-hybridized carbons (Fsp3) is 0.333. The first kappa shape index (κ1) is 30.3. The van der Waals surface area contributed by atoms with Gasteiger partial charge < -0.3 is 10.2 Å². The quantitative estimate of drug-likeness (QED) is 0.330. The lowest BCUT2D eigenvalue weighted by atomic mass is 9.80. The van der Waals surface area contributed by atoms with E-state index in [9.17, 15) is 24.0 Å². The van der Waals surface area contributed by atoms with E-state index in [1.54, 1.807) is 12.3 Å². The summed E-state index contributed by atoms with van der Waals surface area (Å²) in [6.45, 7) is 5.87. The molecule has 1 N–H and O–H groups in total. The molecular formula is C36H34FN7O3. The zero-order valence-electron chi connectivity index (χ0n) is 26.4. The number of hydrogen-bond acceptors (Lipinski definition) is 6. The maximum atomic E-state index is 14.9. The van der Waals surface area contributed by atoms with Gasteiger partial charge in [0, 0.05) is 30.6 Å². The number of amides is 3. The molecule has 4 heterocycles. The molecule has 1 saturated heterocycles. The van der Waals surface area contributed by atoms with Gasteiger partial charge in [-0.1, -0.05) is 80.6 Å². The minimum absolute atomic E-state index is 0.0153. The van der Waals surface area contributed by atoms with Gasteiger partial charge in [-0.05, 0) is 41.2 Å². The Morgan fingerprint density at radius 2 is 1.85 bits per heavy atom. The zero-order chi connectivity index (χ0) is 33.1. The average Bonchev–Trinajstić information content (AvgIpc) is 3.76. The van der Waals surface area contributed by atoms with Crippen LogP contribution in [-0.2, 0) is 26.2 Å². The van der Waals surface area contributed by atoms with Crippen molar-refractivity contribution < 1.29 is 18.8 Å². The van der Waals surface area contributed by atoms with E-state index >= 15 is 0 Å². The molecule has 0 saturated carbocycles. The van der Waals surface area contributed by atoms with E-state index in [0.717, 1.165) is 11.1 Å². The number of rotatable bonds is 5. The summed E-state index contributed by atoms with van der Waals surface area (Å²) in [7, 11) is 0. The van der Waals surface area contributed by atoms with Gasteiger partial charge in [0.25, 0.3) is 5.91 Å². The summed E-state index contributed by atoms with van der Waals surface area (Å²) in [5, 5.41) is 21.8. The van der Waals surface area contributed by atoms with Crippen LogP contribution < -0.4 is 10.2 Å². The Morgan fingerprint density at radius 3 is 2.60 bits per heavy atom. The summed E-state index contributed by atoms with van der Waals surface area (Å²) >= 11 is 0. The zero-order valence-corrected chi connectivity index (χ0v) is 26.4. The van der Waals surface area contributed by atoms with Crippen molar-refractivity contribution in [2.45, 2.75) is 63.6 Å². The number of nitrogens with one attached hydrogen (secondary N) is 1. The van der Waals surface area contributed by atoms with Gasteiger partial charge in [-0.15, -0.1) is 5.10 Å². The second kappa shape index (κ2) is 11.2. The summed E-state index contributed by atoms with van der Waals surface area (Å²) < 4.78 is 16.4. The fourth-order valence-electron chi connectivity index (χ4n) is 7.25. The van der Waals surface area contributed by atoms with E-state index in [0.29, 0.717) is 22.6 Å². The van der Waals surface area contributed by atoms with Crippen molar-refractivity contribution in [3.05, 3.63) is 95.9 Å². The highest BCUT2D eigenvalue weighted by molar-refractivity contribution is 6.08. The Bertz CT molecular complexity index is 1950. The highest BCUT2D eigenvalue weighted by Gasteiger charge is 2.57. The van der Waals surface area contributed by atoms with Crippen LogP contribution in [-0.4, -0.2) is 56.2 Å². The van der Waals surface area contributed by atoms with Crippen molar-refractivity contribution in [2.75, 3.05) is 16.8 Å². The highest BCUT2D eigenvalue weighted by Crippen LogP contribution is 2.47. The second-order valence-electron chi connectivity index (χ2n) is 13.8. The minimum Gasteiger partial charge on any atom is -0.325 e. The molecule has 3 aliphatic heterocycles. The van der Waals surface area contributed by atoms with E-state index in [1.165, 1.54) is 26.6 Å². The Morgan fingerprint density at radius 1 is 1.11 bits per heavy atom. The highest BCUT2D eigenvalue weighted by atomic mass is 19.1. The van der Waals surface area contributed by atoms with Crippen LogP contribution >= 0.6 is 0 Å². The molecule has 7 rings (SSSR count). The molecule has 11 heteroatoms. The lowest BCUT2D eigenvalue weighted by molar-refractivity contribution is -0.136. The second-order valence-corrected chi connectivity index (χ2v) is 13.8. The van der Waals surface area contributed by atoms with Crippen molar-refractivity contribution in [1.82, 2.24) is 19.9 Å². The molecule has 1 spiro atoms. The third-order valence-corrected chi connectivity index (χ3v) is 9.46. The normalized spacial score (nSPS) is 22.5. The smallest absolute Gasteiger partial charge is 0.253 e. The van der Waals surface area contributed by atoms with Gasteiger partial charge in [-0.2, -0.15) is 5.26 Å². The van der Waals surface area contributed by atoms with Gasteiger partial charge in [0.05, 0.1) is 23.4 Å². The molecule has 4 aromatic rings. The minimum atomic E-state index is -1.09. The summed E-state index contributed by atoms with van der Waals surface area (Å²) in [4.78, 5) is 45.8. The molecule has 3 aromatic carbocycles. The van der Waals surface area contributed by atoms with Gasteiger partial charge >= 0.3 is 0 Å². The van der Waals surface area contributed by atoms with Crippen LogP contribution in [0.15, 0.2) is 79.0 Å². The van der Waals surface area contributed by atoms with Gasteiger partial charge in [-0.3, -0.25) is 19.3 Å². The number of aromatic nitrogens is 3. The Kier molecular flexibility index (Phi) is 7.19. The van der Waals surface area contributed by atoms with Crippen LogP contribution in [0.5, 0.6) is 0 Å². The SMILES string of the molecule is CC(C)(C)C[C@@H](C(=O)N1C[C@]2(C[C@H]1C#N)C(=O)Nc1ccccc12)N1C(=O)[C@@H](n2cc(-c3ccccc3)nn2)Cc2ccc(F)cc21. The van der Waals surface area contributed by atoms with Crippen LogP contribution in [0, 0.1) is 22.6 Å². The number of nitriles is 1. The van der Waals surface area contributed by atoms with E-state index in [1.807, 2.05) is 75.4 Å². The van der Waals surface area contributed by atoms with E-state index in [4.69, 9.17) is 0 Å². The Balaban J connectivity index is 1.30. The van der Waals surface area contributed by atoms with Crippen LogP contribution in [0.25, 0.3) is 11.3 Å². The Labute approximate surface area is 271 Å². The molecule has 3 amide bonds. The molecule has 4 atom stereocenters. The molecular weight excluding hydrogens is 597 g/mol. The predicted molar refractivity (Wildman–Crippen MR) is 172 cm³/mol. The number of likely N-dealkylation sites (tertiary alicyclic amines) is 1. The van der Waals surface area contributed by atoms with Gasteiger partial charge in [0.2, 0.25) is 11.8 Å². The van der Waals surface area contributed by atoms with Crippen LogP contribution in [0.4, 0.5) is 15.8 Å². The first-order chi connectivity index (χ1) is 22.5. The number of carbonyl (C=O) groups is 3. The number of benzene rings is 3. The molecule has 238 valence electrons. The predicted octanol–water partition coefficient (Wildman–Crippen LogP) is 5.03. The molecule has 0 aliphatic carbocycles.